The van der Waals surface area contributed by atoms with E-state index in [1.54, 1.807) is 30.3 Å². The quantitative estimate of drug-likeness (QED) is 0.0997. The Kier molecular flexibility index (Phi) is 10.4. The van der Waals surface area contributed by atoms with Gasteiger partial charge >= 0.3 is 0 Å². The third-order valence-electron chi connectivity index (χ3n) is 5.66. The lowest BCUT2D eigenvalue weighted by Crippen LogP contribution is -2.13. The lowest BCUT2D eigenvalue weighted by Gasteiger charge is -2.15. The molecule has 0 radical (unpaired) electrons. The summed E-state index contributed by atoms with van der Waals surface area (Å²) in [6.07, 6.45) is 1.53. The van der Waals surface area contributed by atoms with E-state index in [1.165, 1.54) is 6.08 Å². The van der Waals surface area contributed by atoms with E-state index in [0.717, 1.165) is 14.7 Å². The first kappa shape index (κ1) is 29.0. The molecule has 202 valence electrons. The van der Waals surface area contributed by atoms with Gasteiger partial charge in [0.2, 0.25) is 0 Å². The van der Waals surface area contributed by atoms with Crippen molar-refractivity contribution in [1.82, 2.24) is 0 Å². The topological polar surface area (TPSA) is 80.6 Å². The van der Waals surface area contributed by atoms with Crippen LogP contribution in [0, 0.1) is 14.9 Å². The van der Waals surface area contributed by atoms with Crippen LogP contribution in [0.15, 0.2) is 96.6 Å². The largest absolute Gasteiger partial charge is 0.490 e. The van der Waals surface area contributed by atoms with Gasteiger partial charge in [-0.25, -0.2) is 0 Å². The van der Waals surface area contributed by atoms with Crippen molar-refractivity contribution in [3.05, 3.63) is 122 Å². The van der Waals surface area contributed by atoms with Crippen molar-refractivity contribution in [2.45, 2.75) is 20.1 Å². The molecule has 0 saturated heterocycles. The normalized spacial score (nSPS) is 10.9. The molecule has 4 aromatic carbocycles. The summed E-state index contributed by atoms with van der Waals surface area (Å²) in [7, 11) is 0. The second-order valence-corrected chi connectivity index (χ2v) is 10.2. The molecule has 0 unspecified atom stereocenters. The van der Waals surface area contributed by atoms with E-state index in [2.05, 4.69) is 27.9 Å². The molecule has 1 amide bonds. The fourth-order valence-electron chi connectivity index (χ4n) is 3.70. The van der Waals surface area contributed by atoms with E-state index in [9.17, 15) is 10.1 Å². The second-order valence-electron chi connectivity index (χ2n) is 8.60. The van der Waals surface area contributed by atoms with Crippen molar-refractivity contribution in [3.8, 4) is 23.3 Å². The molecule has 0 bridgehead atoms. The van der Waals surface area contributed by atoms with E-state index in [4.69, 9.17) is 25.8 Å². The minimum absolute atomic E-state index is 0.0440. The van der Waals surface area contributed by atoms with Crippen LogP contribution in [0.3, 0.4) is 0 Å². The predicted molar refractivity (Wildman–Crippen MR) is 166 cm³/mol. The Balaban J connectivity index is 1.44. The highest BCUT2D eigenvalue weighted by atomic mass is 127. The number of amides is 1. The first-order chi connectivity index (χ1) is 19.4. The number of nitrogens with zero attached hydrogens (tertiary/aromatic N) is 1. The second kappa shape index (κ2) is 14.4. The van der Waals surface area contributed by atoms with Gasteiger partial charge in [-0.2, -0.15) is 5.26 Å². The van der Waals surface area contributed by atoms with Crippen LogP contribution < -0.4 is 19.5 Å². The summed E-state index contributed by atoms with van der Waals surface area (Å²) in [5, 5.41) is 13.1. The molecule has 0 aliphatic heterocycles. The third-order valence-corrected chi connectivity index (χ3v) is 6.72. The summed E-state index contributed by atoms with van der Waals surface area (Å²) >= 11 is 8.13. The lowest BCUT2D eigenvalue weighted by molar-refractivity contribution is -0.112. The monoisotopic (exact) mass is 664 g/mol. The van der Waals surface area contributed by atoms with Crippen LogP contribution in [0.1, 0.15) is 23.6 Å². The Bertz CT molecular complexity index is 1520. The van der Waals surface area contributed by atoms with Crippen molar-refractivity contribution in [2.24, 2.45) is 0 Å². The van der Waals surface area contributed by atoms with Crippen LogP contribution in [0.5, 0.6) is 17.2 Å². The molecule has 0 heterocycles. The molecular formula is C32H26ClIN2O4. The van der Waals surface area contributed by atoms with Crippen molar-refractivity contribution < 1.29 is 19.0 Å². The summed E-state index contributed by atoms with van der Waals surface area (Å²) in [6, 6.07) is 29.9. The maximum atomic E-state index is 12.9. The zero-order valence-corrected chi connectivity index (χ0v) is 24.6. The van der Waals surface area contributed by atoms with Gasteiger partial charge in [0.1, 0.15) is 30.6 Å². The van der Waals surface area contributed by atoms with Crippen molar-refractivity contribution in [1.29, 1.82) is 5.26 Å². The number of hydrogen-bond donors (Lipinski definition) is 1. The highest BCUT2D eigenvalue weighted by Crippen LogP contribution is 2.35. The summed E-state index contributed by atoms with van der Waals surface area (Å²) in [5.41, 5.74) is 3.17. The van der Waals surface area contributed by atoms with E-state index in [0.29, 0.717) is 53.3 Å². The van der Waals surface area contributed by atoms with Gasteiger partial charge in [-0.15, -0.1) is 0 Å². The summed E-state index contributed by atoms with van der Waals surface area (Å²) < 4.78 is 18.5. The smallest absolute Gasteiger partial charge is 0.266 e. The number of anilines is 1. The fraction of sp³-hybridized carbons (Fsp3) is 0.125. The highest BCUT2D eigenvalue weighted by Gasteiger charge is 2.15. The maximum absolute atomic E-state index is 12.9. The molecule has 40 heavy (non-hydrogen) atoms. The van der Waals surface area contributed by atoms with Crippen LogP contribution in [-0.4, -0.2) is 12.5 Å². The number of rotatable bonds is 11. The number of halogens is 2. The van der Waals surface area contributed by atoms with E-state index in [1.807, 2.05) is 73.7 Å². The Labute approximate surface area is 252 Å². The Hall–Kier alpha value is -4.00. The standard InChI is InChI=1S/C32H26ClIN2O4/c1-2-38-30-18-24(17-29(34)31(30)40-21-23-8-10-26(33)11-9-23)16-25(19-35)32(37)36-27-12-14-28(15-13-27)39-20-22-6-4-3-5-7-22/h3-18H,2,20-21H2,1H3,(H,36,37)/b25-16+. The Morgan fingerprint density at radius 3 is 2.27 bits per heavy atom. The highest BCUT2D eigenvalue weighted by molar-refractivity contribution is 14.1. The first-order valence-electron chi connectivity index (χ1n) is 12.5. The summed E-state index contributed by atoms with van der Waals surface area (Å²) in [4.78, 5) is 12.9. The van der Waals surface area contributed by atoms with E-state index >= 15 is 0 Å². The zero-order chi connectivity index (χ0) is 28.3. The van der Waals surface area contributed by atoms with Gasteiger partial charge in [0.05, 0.1) is 10.2 Å². The van der Waals surface area contributed by atoms with Crippen LogP contribution >= 0.6 is 34.2 Å². The van der Waals surface area contributed by atoms with Gasteiger partial charge in [-0.3, -0.25) is 4.79 Å². The number of carbonyl (C=O) groups excluding carboxylic acids is 1. The third kappa shape index (κ3) is 8.25. The Morgan fingerprint density at radius 1 is 0.925 bits per heavy atom. The SMILES string of the molecule is CCOc1cc(/C=C(\C#N)C(=O)Nc2ccc(OCc3ccccc3)cc2)cc(I)c1OCc1ccc(Cl)cc1. The first-order valence-corrected chi connectivity index (χ1v) is 13.9. The van der Waals surface area contributed by atoms with Crippen molar-refractivity contribution >= 4 is 51.9 Å². The Morgan fingerprint density at radius 2 is 1.60 bits per heavy atom. The van der Waals surface area contributed by atoms with E-state index < -0.39 is 5.91 Å². The van der Waals surface area contributed by atoms with Crippen LogP contribution in [-0.2, 0) is 18.0 Å². The predicted octanol–water partition coefficient (Wildman–Crippen LogP) is 8.05. The minimum atomic E-state index is -0.517. The molecule has 0 aliphatic carbocycles. The maximum Gasteiger partial charge on any atom is 0.266 e. The molecule has 0 saturated carbocycles. The molecule has 1 N–H and O–H groups in total. The average molecular weight is 665 g/mol. The fourth-order valence-corrected chi connectivity index (χ4v) is 4.61. The summed E-state index contributed by atoms with van der Waals surface area (Å²) in [5.74, 6) is 1.27. The number of carbonyl (C=O) groups is 1. The molecule has 8 heteroatoms. The number of nitriles is 1. The number of benzene rings is 4. The van der Waals surface area contributed by atoms with Gasteiger partial charge in [-0.05, 0) is 101 Å². The minimum Gasteiger partial charge on any atom is -0.490 e. The average Bonchev–Trinajstić information content (AvgIpc) is 2.96. The van der Waals surface area contributed by atoms with Gasteiger partial charge in [0, 0.05) is 10.7 Å². The molecule has 0 spiro atoms. The van der Waals surface area contributed by atoms with Gasteiger partial charge in [-0.1, -0.05) is 54.1 Å². The molecule has 0 atom stereocenters. The molecule has 0 aliphatic rings. The van der Waals surface area contributed by atoms with Gasteiger partial charge < -0.3 is 19.5 Å². The van der Waals surface area contributed by atoms with Crippen molar-refractivity contribution in [3.63, 3.8) is 0 Å². The van der Waals surface area contributed by atoms with Gasteiger partial charge in [0.15, 0.2) is 11.5 Å². The molecule has 6 nitrogen and oxygen atoms in total. The number of ether oxygens (including phenoxy) is 3. The molecule has 0 fully saturated rings. The van der Waals surface area contributed by atoms with Crippen molar-refractivity contribution in [2.75, 3.05) is 11.9 Å². The van der Waals surface area contributed by atoms with E-state index in [-0.39, 0.29) is 5.57 Å². The van der Waals surface area contributed by atoms with Crippen LogP contribution in [0.4, 0.5) is 5.69 Å². The summed E-state index contributed by atoms with van der Waals surface area (Å²) in [6.45, 7) is 3.09. The molecule has 4 rings (SSSR count). The number of hydrogen-bond acceptors (Lipinski definition) is 5. The lowest BCUT2D eigenvalue weighted by atomic mass is 10.1. The molecule has 0 aromatic heterocycles. The zero-order valence-electron chi connectivity index (χ0n) is 21.7. The van der Waals surface area contributed by atoms with Gasteiger partial charge in [0.25, 0.3) is 5.91 Å². The molecular weight excluding hydrogens is 639 g/mol. The van der Waals surface area contributed by atoms with Crippen LogP contribution in [0.2, 0.25) is 5.02 Å². The van der Waals surface area contributed by atoms with Crippen LogP contribution in [0.25, 0.3) is 6.08 Å². The number of nitrogens with one attached hydrogen (secondary N) is 1. The molecule has 4 aromatic rings.